The highest BCUT2D eigenvalue weighted by atomic mass is 19.4. The smallest absolute Gasteiger partial charge is 0.406 e. The molecule has 1 fully saturated rings. The van der Waals surface area contributed by atoms with Gasteiger partial charge in [0.25, 0.3) is 0 Å². The van der Waals surface area contributed by atoms with Crippen LogP contribution >= 0.6 is 0 Å². The van der Waals surface area contributed by atoms with Gasteiger partial charge in [0.1, 0.15) is 6.54 Å². The predicted octanol–water partition coefficient (Wildman–Crippen LogP) is 2.18. The minimum atomic E-state index is -4.40. The van der Waals surface area contributed by atoms with Crippen molar-refractivity contribution < 1.29 is 27.9 Å². The van der Waals surface area contributed by atoms with Crippen LogP contribution in [0.15, 0.2) is 0 Å². The van der Waals surface area contributed by atoms with Crippen molar-refractivity contribution in [1.29, 1.82) is 0 Å². The summed E-state index contributed by atoms with van der Waals surface area (Å²) in [5.74, 6) is -0.628. The van der Waals surface area contributed by atoms with Gasteiger partial charge in [0.05, 0.1) is 0 Å². The number of carbonyl (C=O) groups excluding carboxylic acids is 1. The number of halogens is 3. The Morgan fingerprint density at radius 1 is 1.30 bits per heavy atom. The number of carboxylic acid groups (broad SMARTS) is 1. The molecule has 1 heterocycles. The van der Waals surface area contributed by atoms with Crippen LogP contribution in [0.25, 0.3) is 0 Å². The molecule has 20 heavy (non-hydrogen) atoms. The van der Waals surface area contributed by atoms with Gasteiger partial charge in [0.15, 0.2) is 0 Å². The first-order valence-corrected chi connectivity index (χ1v) is 6.47. The average molecular weight is 296 g/mol. The van der Waals surface area contributed by atoms with Crippen molar-refractivity contribution in [3.05, 3.63) is 0 Å². The first-order valence-electron chi connectivity index (χ1n) is 6.47. The van der Waals surface area contributed by atoms with E-state index in [-0.39, 0.29) is 12.3 Å². The fourth-order valence-corrected chi connectivity index (χ4v) is 2.32. The van der Waals surface area contributed by atoms with Crippen LogP contribution in [-0.4, -0.2) is 59.8 Å². The molecule has 1 rings (SSSR count). The number of aliphatic carboxylic acids is 1. The molecule has 0 aromatic rings. The number of urea groups is 1. The van der Waals surface area contributed by atoms with Gasteiger partial charge in [0.2, 0.25) is 0 Å². The van der Waals surface area contributed by atoms with Crippen molar-refractivity contribution in [1.82, 2.24) is 9.80 Å². The Kier molecular flexibility index (Phi) is 5.64. The standard InChI is InChI=1S/C12H19F3N2O3/c1-16(8-12(13,14)15)11(20)17-6-4-9(5-7-17)2-3-10(18)19/h9H,2-8H2,1H3,(H,18,19). The minimum Gasteiger partial charge on any atom is -0.481 e. The highest BCUT2D eigenvalue weighted by molar-refractivity contribution is 5.74. The monoisotopic (exact) mass is 296 g/mol. The third kappa shape index (κ3) is 5.66. The summed E-state index contributed by atoms with van der Waals surface area (Å²) < 4.78 is 36.6. The highest BCUT2D eigenvalue weighted by Gasteiger charge is 2.33. The molecule has 0 aliphatic carbocycles. The van der Waals surface area contributed by atoms with E-state index in [4.69, 9.17) is 5.11 Å². The molecular formula is C12H19F3N2O3. The van der Waals surface area contributed by atoms with Crippen LogP contribution in [0, 0.1) is 5.92 Å². The van der Waals surface area contributed by atoms with E-state index in [1.54, 1.807) is 0 Å². The van der Waals surface area contributed by atoms with Crippen LogP contribution in [0.3, 0.4) is 0 Å². The Bertz CT molecular complexity index is 352. The zero-order valence-electron chi connectivity index (χ0n) is 11.3. The van der Waals surface area contributed by atoms with Crippen LogP contribution in [0.1, 0.15) is 25.7 Å². The third-order valence-corrected chi connectivity index (χ3v) is 3.39. The number of amides is 2. The van der Waals surface area contributed by atoms with Gasteiger partial charge in [0, 0.05) is 26.6 Å². The lowest BCUT2D eigenvalue weighted by molar-refractivity contribution is -0.138. The second-order valence-electron chi connectivity index (χ2n) is 5.12. The van der Waals surface area contributed by atoms with Crippen LogP contribution in [0.2, 0.25) is 0 Å². The van der Waals surface area contributed by atoms with Gasteiger partial charge in [-0.25, -0.2) is 4.79 Å². The normalized spacial score (nSPS) is 17.1. The summed E-state index contributed by atoms with van der Waals surface area (Å²) in [6.07, 6.45) is -2.48. The average Bonchev–Trinajstić information content (AvgIpc) is 2.34. The van der Waals surface area contributed by atoms with E-state index in [0.717, 1.165) is 7.05 Å². The van der Waals surface area contributed by atoms with E-state index < -0.39 is 24.7 Å². The molecule has 0 saturated carbocycles. The molecule has 0 aromatic heterocycles. The number of piperidine rings is 1. The SMILES string of the molecule is CN(CC(F)(F)F)C(=O)N1CCC(CCC(=O)O)CC1. The fourth-order valence-electron chi connectivity index (χ4n) is 2.32. The molecule has 0 atom stereocenters. The maximum absolute atomic E-state index is 12.2. The van der Waals surface area contributed by atoms with Gasteiger partial charge in [-0.1, -0.05) is 0 Å². The van der Waals surface area contributed by atoms with Gasteiger partial charge in [-0.3, -0.25) is 4.79 Å². The zero-order valence-corrected chi connectivity index (χ0v) is 11.3. The molecular weight excluding hydrogens is 277 g/mol. The van der Waals surface area contributed by atoms with E-state index in [1.165, 1.54) is 4.90 Å². The number of likely N-dealkylation sites (tertiary alicyclic amines) is 1. The van der Waals surface area contributed by atoms with Crippen molar-refractivity contribution in [2.24, 2.45) is 5.92 Å². The molecule has 0 aromatic carbocycles. The second-order valence-corrected chi connectivity index (χ2v) is 5.12. The van der Waals surface area contributed by atoms with E-state index in [0.29, 0.717) is 37.3 Å². The van der Waals surface area contributed by atoms with E-state index in [2.05, 4.69) is 0 Å². The number of rotatable bonds is 4. The number of carbonyl (C=O) groups is 2. The molecule has 1 N–H and O–H groups in total. The van der Waals surface area contributed by atoms with E-state index in [1.807, 2.05) is 0 Å². The van der Waals surface area contributed by atoms with Crippen molar-refractivity contribution in [2.75, 3.05) is 26.7 Å². The molecule has 0 spiro atoms. The van der Waals surface area contributed by atoms with Crippen LogP contribution in [0.5, 0.6) is 0 Å². The molecule has 5 nitrogen and oxygen atoms in total. The summed E-state index contributed by atoms with van der Waals surface area (Å²) in [6, 6.07) is -0.626. The quantitative estimate of drug-likeness (QED) is 0.865. The summed E-state index contributed by atoms with van der Waals surface area (Å²) in [5, 5.41) is 8.59. The largest absolute Gasteiger partial charge is 0.481 e. The Morgan fingerprint density at radius 2 is 1.85 bits per heavy atom. The maximum Gasteiger partial charge on any atom is 0.406 e. The first-order chi connectivity index (χ1) is 9.19. The summed E-state index contributed by atoms with van der Waals surface area (Å²) in [5.41, 5.74) is 0. The predicted molar refractivity (Wildman–Crippen MR) is 65.2 cm³/mol. The molecule has 1 saturated heterocycles. The number of hydrogen-bond donors (Lipinski definition) is 1. The molecule has 1 aliphatic rings. The summed E-state index contributed by atoms with van der Waals surface area (Å²) in [4.78, 5) is 24.3. The van der Waals surface area contributed by atoms with Gasteiger partial charge in [-0.15, -0.1) is 0 Å². The molecule has 8 heteroatoms. The lowest BCUT2D eigenvalue weighted by Crippen LogP contribution is -2.47. The number of carboxylic acids is 1. The molecule has 116 valence electrons. The van der Waals surface area contributed by atoms with Crippen molar-refractivity contribution in [3.63, 3.8) is 0 Å². The zero-order chi connectivity index (χ0) is 15.3. The minimum absolute atomic E-state index is 0.0899. The Morgan fingerprint density at radius 3 is 2.30 bits per heavy atom. The van der Waals surface area contributed by atoms with Crippen LogP contribution in [-0.2, 0) is 4.79 Å². The topological polar surface area (TPSA) is 60.9 Å². The van der Waals surface area contributed by atoms with Gasteiger partial charge >= 0.3 is 18.2 Å². The van der Waals surface area contributed by atoms with Crippen molar-refractivity contribution in [3.8, 4) is 0 Å². The molecule has 0 bridgehead atoms. The van der Waals surface area contributed by atoms with E-state index in [9.17, 15) is 22.8 Å². The summed E-state index contributed by atoms with van der Waals surface area (Å²) in [7, 11) is 1.13. The molecule has 2 amide bonds. The van der Waals surface area contributed by atoms with Gasteiger partial charge in [-0.2, -0.15) is 13.2 Å². The van der Waals surface area contributed by atoms with Crippen molar-refractivity contribution >= 4 is 12.0 Å². The first kappa shape index (κ1) is 16.6. The third-order valence-electron chi connectivity index (χ3n) is 3.39. The van der Waals surface area contributed by atoms with E-state index >= 15 is 0 Å². The molecule has 1 aliphatic heterocycles. The fraction of sp³-hybridized carbons (Fsp3) is 0.833. The summed E-state index contributed by atoms with van der Waals surface area (Å²) in [6.45, 7) is -0.499. The molecule has 0 radical (unpaired) electrons. The van der Waals surface area contributed by atoms with Crippen molar-refractivity contribution in [2.45, 2.75) is 31.9 Å². The molecule has 0 unspecified atom stereocenters. The lowest BCUT2D eigenvalue weighted by Gasteiger charge is -2.34. The maximum atomic E-state index is 12.2. The Hall–Kier alpha value is -1.47. The highest BCUT2D eigenvalue weighted by Crippen LogP contribution is 2.23. The number of nitrogens with zero attached hydrogens (tertiary/aromatic N) is 2. The van der Waals surface area contributed by atoms with Gasteiger partial charge in [-0.05, 0) is 25.2 Å². The summed E-state index contributed by atoms with van der Waals surface area (Å²) >= 11 is 0. The van der Waals surface area contributed by atoms with Crippen LogP contribution in [0.4, 0.5) is 18.0 Å². The number of hydrogen-bond acceptors (Lipinski definition) is 2. The number of alkyl halides is 3. The Labute approximate surface area is 115 Å². The van der Waals surface area contributed by atoms with Gasteiger partial charge < -0.3 is 14.9 Å². The Balaban J connectivity index is 2.37. The van der Waals surface area contributed by atoms with Crippen LogP contribution < -0.4 is 0 Å². The lowest BCUT2D eigenvalue weighted by atomic mass is 9.92. The second kappa shape index (κ2) is 6.81.